The SMILES string of the molecule is CCC(C#N)(CC)Cc1cccc(F)c1F. The topological polar surface area (TPSA) is 23.8 Å². The van der Waals surface area contributed by atoms with Gasteiger partial charge in [0.15, 0.2) is 11.6 Å². The second-order valence-corrected chi connectivity index (χ2v) is 3.99. The molecule has 0 unspecified atom stereocenters. The lowest BCUT2D eigenvalue weighted by atomic mass is 9.78. The number of halogens is 2. The minimum atomic E-state index is -0.850. The van der Waals surface area contributed by atoms with E-state index in [-0.39, 0.29) is 12.0 Å². The Kier molecular flexibility index (Phi) is 4.00. The van der Waals surface area contributed by atoms with E-state index >= 15 is 0 Å². The molecule has 0 radical (unpaired) electrons. The Hall–Kier alpha value is -1.43. The van der Waals surface area contributed by atoms with Crippen molar-refractivity contribution in [2.24, 2.45) is 5.41 Å². The van der Waals surface area contributed by atoms with E-state index < -0.39 is 17.0 Å². The highest BCUT2D eigenvalue weighted by Crippen LogP contribution is 2.31. The number of rotatable bonds is 4. The van der Waals surface area contributed by atoms with E-state index in [0.717, 1.165) is 6.07 Å². The van der Waals surface area contributed by atoms with Crippen LogP contribution in [-0.4, -0.2) is 0 Å². The van der Waals surface area contributed by atoms with E-state index in [9.17, 15) is 8.78 Å². The Morgan fingerprint density at radius 3 is 2.38 bits per heavy atom. The third-order valence-electron chi connectivity index (χ3n) is 3.15. The van der Waals surface area contributed by atoms with E-state index in [4.69, 9.17) is 5.26 Å². The van der Waals surface area contributed by atoms with Gasteiger partial charge in [0, 0.05) is 0 Å². The summed E-state index contributed by atoms with van der Waals surface area (Å²) in [5.74, 6) is -1.68. The van der Waals surface area contributed by atoms with Gasteiger partial charge < -0.3 is 0 Å². The molecule has 1 nitrogen and oxygen atoms in total. The molecule has 0 fully saturated rings. The third-order valence-corrected chi connectivity index (χ3v) is 3.15. The molecule has 86 valence electrons. The van der Waals surface area contributed by atoms with Crippen molar-refractivity contribution in [3.8, 4) is 6.07 Å². The molecule has 1 rings (SSSR count). The molecule has 0 saturated heterocycles. The molecular weight excluding hydrogens is 208 g/mol. The number of nitriles is 1. The van der Waals surface area contributed by atoms with Gasteiger partial charge in [0.05, 0.1) is 11.5 Å². The minimum absolute atomic E-state index is 0.264. The van der Waals surface area contributed by atoms with Gasteiger partial charge in [-0.1, -0.05) is 26.0 Å². The molecule has 3 heteroatoms. The number of hydrogen-bond acceptors (Lipinski definition) is 1. The molecule has 0 aliphatic rings. The van der Waals surface area contributed by atoms with E-state index in [1.54, 1.807) is 0 Å². The molecule has 0 amide bonds. The van der Waals surface area contributed by atoms with Gasteiger partial charge in [-0.05, 0) is 30.9 Å². The second kappa shape index (κ2) is 5.07. The molecule has 16 heavy (non-hydrogen) atoms. The summed E-state index contributed by atoms with van der Waals surface area (Å²) in [7, 11) is 0. The van der Waals surface area contributed by atoms with Crippen molar-refractivity contribution in [1.82, 2.24) is 0 Å². The molecule has 0 spiro atoms. The predicted octanol–water partition coefficient (Wildman–Crippen LogP) is 3.84. The lowest BCUT2D eigenvalue weighted by molar-refractivity contribution is 0.354. The molecule has 0 aliphatic heterocycles. The monoisotopic (exact) mass is 223 g/mol. The van der Waals surface area contributed by atoms with Gasteiger partial charge in [0.1, 0.15) is 0 Å². The van der Waals surface area contributed by atoms with Crippen molar-refractivity contribution < 1.29 is 8.78 Å². The largest absolute Gasteiger partial charge is 0.204 e. The quantitative estimate of drug-likeness (QED) is 0.760. The molecule has 0 aromatic heterocycles. The van der Waals surface area contributed by atoms with Crippen molar-refractivity contribution in [3.63, 3.8) is 0 Å². The fourth-order valence-corrected chi connectivity index (χ4v) is 1.75. The zero-order valence-electron chi connectivity index (χ0n) is 9.56. The maximum Gasteiger partial charge on any atom is 0.162 e. The lowest BCUT2D eigenvalue weighted by Gasteiger charge is -2.23. The van der Waals surface area contributed by atoms with Gasteiger partial charge >= 0.3 is 0 Å². The van der Waals surface area contributed by atoms with Gasteiger partial charge in [0.25, 0.3) is 0 Å². The van der Waals surface area contributed by atoms with Crippen LogP contribution < -0.4 is 0 Å². The summed E-state index contributed by atoms with van der Waals surface area (Å²) in [5.41, 5.74) is -0.306. The molecule has 1 aromatic carbocycles. The first-order valence-corrected chi connectivity index (χ1v) is 5.42. The van der Waals surface area contributed by atoms with Gasteiger partial charge in [-0.15, -0.1) is 0 Å². The fraction of sp³-hybridized carbons (Fsp3) is 0.462. The fourth-order valence-electron chi connectivity index (χ4n) is 1.75. The number of nitrogens with zero attached hydrogens (tertiary/aromatic N) is 1. The van der Waals surface area contributed by atoms with Crippen molar-refractivity contribution in [2.75, 3.05) is 0 Å². The summed E-state index contributed by atoms with van der Waals surface area (Å²) in [6.45, 7) is 3.79. The van der Waals surface area contributed by atoms with Crippen molar-refractivity contribution in [3.05, 3.63) is 35.4 Å². The third kappa shape index (κ3) is 2.38. The summed E-state index contributed by atoms with van der Waals surface area (Å²) in [4.78, 5) is 0. The smallest absolute Gasteiger partial charge is 0.162 e. The van der Waals surface area contributed by atoms with Gasteiger partial charge in [-0.2, -0.15) is 5.26 Å². The van der Waals surface area contributed by atoms with Crippen molar-refractivity contribution in [1.29, 1.82) is 5.26 Å². The van der Waals surface area contributed by atoms with E-state index in [0.29, 0.717) is 12.8 Å². The summed E-state index contributed by atoms with van der Waals surface area (Å²) < 4.78 is 26.5. The molecule has 0 bridgehead atoms. The highest BCUT2D eigenvalue weighted by atomic mass is 19.2. The van der Waals surface area contributed by atoms with Crippen LogP contribution in [0.1, 0.15) is 32.3 Å². The zero-order valence-corrected chi connectivity index (χ0v) is 9.56. The normalized spacial score (nSPS) is 11.2. The van der Waals surface area contributed by atoms with Crippen LogP contribution >= 0.6 is 0 Å². The van der Waals surface area contributed by atoms with Crippen molar-refractivity contribution in [2.45, 2.75) is 33.1 Å². The first-order chi connectivity index (χ1) is 7.58. The van der Waals surface area contributed by atoms with Crippen molar-refractivity contribution >= 4 is 0 Å². The number of benzene rings is 1. The van der Waals surface area contributed by atoms with Crippen LogP contribution in [0.2, 0.25) is 0 Å². The lowest BCUT2D eigenvalue weighted by Crippen LogP contribution is -2.20. The maximum absolute atomic E-state index is 13.5. The standard InChI is InChI=1S/C13H15F2N/c1-3-13(4-2,9-16)8-10-6-5-7-11(14)12(10)15/h5-7H,3-4,8H2,1-2H3. The second-order valence-electron chi connectivity index (χ2n) is 3.99. The maximum atomic E-state index is 13.5. The summed E-state index contributed by atoms with van der Waals surface area (Å²) in [5, 5.41) is 9.13. The summed E-state index contributed by atoms with van der Waals surface area (Å²) in [6, 6.07) is 6.32. The molecule has 0 atom stereocenters. The van der Waals surface area contributed by atoms with Crippen LogP contribution in [0.15, 0.2) is 18.2 Å². The Balaban J connectivity index is 3.04. The molecule has 0 N–H and O–H groups in total. The Morgan fingerprint density at radius 2 is 1.88 bits per heavy atom. The van der Waals surface area contributed by atoms with Crippen LogP contribution in [0.25, 0.3) is 0 Å². The molecular formula is C13H15F2N. The molecule has 0 saturated carbocycles. The van der Waals surface area contributed by atoms with Crippen LogP contribution in [0.5, 0.6) is 0 Å². The average molecular weight is 223 g/mol. The van der Waals surface area contributed by atoms with E-state index in [1.165, 1.54) is 12.1 Å². The van der Waals surface area contributed by atoms with Crippen LogP contribution in [0, 0.1) is 28.4 Å². The van der Waals surface area contributed by atoms with Crippen LogP contribution in [-0.2, 0) is 6.42 Å². The minimum Gasteiger partial charge on any atom is -0.204 e. The summed E-state index contributed by atoms with van der Waals surface area (Å²) >= 11 is 0. The highest BCUT2D eigenvalue weighted by Gasteiger charge is 2.27. The van der Waals surface area contributed by atoms with Gasteiger partial charge in [0.2, 0.25) is 0 Å². The Morgan fingerprint density at radius 1 is 1.25 bits per heavy atom. The Bertz CT molecular complexity index is 403. The predicted molar refractivity (Wildman–Crippen MR) is 58.7 cm³/mol. The highest BCUT2D eigenvalue weighted by molar-refractivity contribution is 5.22. The average Bonchev–Trinajstić information content (AvgIpc) is 2.32. The Labute approximate surface area is 94.7 Å². The first kappa shape index (κ1) is 12.6. The number of hydrogen-bond donors (Lipinski definition) is 0. The van der Waals surface area contributed by atoms with Gasteiger partial charge in [-0.25, -0.2) is 8.78 Å². The van der Waals surface area contributed by atoms with Gasteiger partial charge in [-0.3, -0.25) is 0 Å². The zero-order chi connectivity index (χ0) is 12.2. The van der Waals surface area contributed by atoms with E-state index in [2.05, 4.69) is 6.07 Å². The first-order valence-electron chi connectivity index (χ1n) is 5.42. The van der Waals surface area contributed by atoms with Crippen LogP contribution in [0.4, 0.5) is 8.78 Å². The molecule has 0 heterocycles. The van der Waals surface area contributed by atoms with Crippen LogP contribution in [0.3, 0.4) is 0 Å². The molecule has 1 aromatic rings. The summed E-state index contributed by atoms with van der Waals surface area (Å²) in [6.07, 6.45) is 1.53. The molecule has 0 aliphatic carbocycles. The van der Waals surface area contributed by atoms with E-state index in [1.807, 2.05) is 13.8 Å².